The minimum Gasteiger partial charge on any atom is -0.481 e. The van der Waals surface area contributed by atoms with Gasteiger partial charge in [0.1, 0.15) is 0 Å². The van der Waals surface area contributed by atoms with Crippen LogP contribution in [0.15, 0.2) is 12.2 Å². The van der Waals surface area contributed by atoms with Gasteiger partial charge in [-0.25, -0.2) is 0 Å². The van der Waals surface area contributed by atoms with E-state index in [2.05, 4.69) is 55.0 Å². The molecule has 0 radical (unpaired) electrons. The first-order valence-electron chi connectivity index (χ1n) is 13.7. The Morgan fingerprint density at radius 1 is 1.03 bits per heavy atom. The maximum atomic E-state index is 11.6. The quantitative estimate of drug-likeness (QED) is 0.444. The van der Waals surface area contributed by atoms with Crippen molar-refractivity contribution in [2.75, 3.05) is 0 Å². The largest absolute Gasteiger partial charge is 0.481 e. The maximum Gasteiger partial charge on any atom is 0.303 e. The van der Waals surface area contributed by atoms with Gasteiger partial charge in [0, 0.05) is 6.42 Å². The van der Waals surface area contributed by atoms with E-state index < -0.39 is 5.97 Å². The first-order chi connectivity index (χ1) is 14.8. The first-order valence-corrected chi connectivity index (χ1v) is 13.7. The topological polar surface area (TPSA) is 37.3 Å². The summed E-state index contributed by atoms with van der Waals surface area (Å²) in [5.41, 5.74) is 2.79. The molecule has 0 aromatic carbocycles. The van der Waals surface area contributed by atoms with Crippen LogP contribution < -0.4 is 0 Å². The lowest BCUT2D eigenvalue weighted by Gasteiger charge is -2.72. The van der Waals surface area contributed by atoms with Crippen LogP contribution in [0.25, 0.3) is 0 Å². The molecule has 0 aromatic heterocycles. The second-order valence-electron chi connectivity index (χ2n) is 14.0. The van der Waals surface area contributed by atoms with Gasteiger partial charge in [-0.05, 0) is 115 Å². The molecule has 2 nitrogen and oxygen atoms in total. The molecule has 0 unspecified atom stereocenters. The lowest BCUT2D eigenvalue weighted by atomic mass is 9.32. The Kier molecular flexibility index (Phi) is 5.99. The summed E-state index contributed by atoms with van der Waals surface area (Å²) in [4.78, 5) is 11.6. The van der Waals surface area contributed by atoms with Crippen molar-refractivity contribution in [3.63, 3.8) is 0 Å². The van der Waals surface area contributed by atoms with Crippen LogP contribution in [0, 0.1) is 57.2 Å². The predicted molar refractivity (Wildman–Crippen MR) is 133 cm³/mol. The van der Waals surface area contributed by atoms with E-state index in [1.54, 1.807) is 0 Å². The van der Waals surface area contributed by atoms with Crippen LogP contribution in [0.2, 0.25) is 0 Å². The number of hydrogen-bond acceptors (Lipinski definition) is 1. The zero-order chi connectivity index (χ0) is 23.7. The van der Waals surface area contributed by atoms with Crippen LogP contribution in [0.1, 0.15) is 113 Å². The van der Waals surface area contributed by atoms with E-state index >= 15 is 0 Å². The van der Waals surface area contributed by atoms with Crippen LogP contribution in [-0.2, 0) is 4.79 Å². The predicted octanol–water partition coefficient (Wildman–Crippen LogP) is 8.36. The molecule has 1 N–H and O–H groups in total. The number of carboxylic acids is 1. The van der Waals surface area contributed by atoms with E-state index in [4.69, 9.17) is 0 Å². The zero-order valence-corrected chi connectivity index (χ0v) is 22.1. The number of fused-ring (bicyclic) bond motifs is 5. The van der Waals surface area contributed by atoms with Crippen LogP contribution in [0.3, 0.4) is 0 Å². The van der Waals surface area contributed by atoms with Gasteiger partial charge in [-0.1, -0.05) is 60.6 Å². The second kappa shape index (κ2) is 7.88. The highest BCUT2D eigenvalue weighted by Gasteiger charge is 2.67. The van der Waals surface area contributed by atoms with E-state index in [0.717, 1.165) is 18.3 Å². The van der Waals surface area contributed by atoms with E-state index in [1.165, 1.54) is 56.9 Å². The Balaban J connectivity index is 1.74. The number of aliphatic carboxylic acids is 1. The van der Waals surface area contributed by atoms with Gasteiger partial charge >= 0.3 is 5.97 Å². The van der Waals surface area contributed by atoms with Crippen molar-refractivity contribution in [3.05, 3.63) is 12.2 Å². The standard InChI is InChI=1S/C30H50O2/c1-19(2)22-12-16-30(8)24(28(22,6)15-13-25(31)32)10-9-23-26-21(4)20(3)11-14-27(26,5)17-18-29(23,30)7/h19,21-24,26H,3,9-18H2,1-2,4-8H3,(H,31,32)/t21-,22-,23+,24+,26-,27+,28-,29+,30+/m0/s1. The van der Waals surface area contributed by atoms with Crippen molar-refractivity contribution < 1.29 is 9.90 Å². The molecule has 182 valence electrons. The van der Waals surface area contributed by atoms with Crippen molar-refractivity contribution in [1.82, 2.24) is 0 Å². The number of hydrogen-bond donors (Lipinski definition) is 1. The Labute approximate surface area is 198 Å². The van der Waals surface area contributed by atoms with Crippen LogP contribution in [-0.4, -0.2) is 11.1 Å². The fourth-order valence-corrected chi connectivity index (χ4v) is 10.6. The third-order valence-corrected chi connectivity index (χ3v) is 12.6. The highest BCUT2D eigenvalue weighted by molar-refractivity contribution is 5.66. The number of carboxylic acid groups (broad SMARTS) is 1. The summed E-state index contributed by atoms with van der Waals surface area (Å²) in [6.07, 6.45) is 11.7. The van der Waals surface area contributed by atoms with Gasteiger partial charge in [-0.15, -0.1) is 0 Å². The van der Waals surface area contributed by atoms with Crippen molar-refractivity contribution in [3.8, 4) is 0 Å². The molecule has 0 saturated heterocycles. The molecule has 4 fully saturated rings. The summed E-state index contributed by atoms with van der Waals surface area (Å²) in [6.45, 7) is 22.1. The molecule has 0 spiro atoms. The summed E-state index contributed by atoms with van der Waals surface area (Å²) in [6, 6.07) is 0. The third-order valence-electron chi connectivity index (χ3n) is 12.6. The smallest absolute Gasteiger partial charge is 0.303 e. The molecule has 4 saturated carbocycles. The van der Waals surface area contributed by atoms with Crippen LogP contribution in [0.4, 0.5) is 0 Å². The minimum atomic E-state index is -0.621. The van der Waals surface area contributed by atoms with Gasteiger partial charge in [-0.2, -0.15) is 0 Å². The van der Waals surface area contributed by atoms with Crippen LogP contribution >= 0.6 is 0 Å². The molecule has 2 heteroatoms. The summed E-state index contributed by atoms with van der Waals surface area (Å²) < 4.78 is 0. The summed E-state index contributed by atoms with van der Waals surface area (Å²) in [5.74, 6) is 3.49. The van der Waals surface area contributed by atoms with Crippen molar-refractivity contribution in [2.45, 2.75) is 113 Å². The van der Waals surface area contributed by atoms with Crippen LogP contribution in [0.5, 0.6) is 0 Å². The normalized spacial score (nSPS) is 51.0. The summed E-state index contributed by atoms with van der Waals surface area (Å²) in [5, 5.41) is 9.59. The molecular formula is C30H50O2. The van der Waals surface area contributed by atoms with E-state index in [9.17, 15) is 9.90 Å². The number of allylic oxidation sites excluding steroid dienone is 1. The molecule has 0 aliphatic heterocycles. The molecule has 4 rings (SSSR count). The molecule has 0 heterocycles. The monoisotopic (exact) mass is 442 g/mol. The van der Waals surface area contributed by atoms with Crippen molar-refractivity contribution in [2.24, 2.45) is 57.2 Å². The molecule has 32 heavy (non-hydrogen) atoms. The van der Waals surface area contributed by atoms with E-state index in [0.29, 0.717) is 46.3 Å². The third kappa shape index (κ3) is 3.28. The molecular weight excluding hydrogens is 392 g/mol. The first kappa shape index (κ1) is 24.3. The summed E-state index contributed by atoms with van der Waals surface area (Å²) >= 11 is 0. The lowest BCUT2D eigenvalue weighted by Crippen LogP contribution is -2.65. The second-order valence-corrected chi connectivity index (χ2v) is 14.0. The Morgan fingerprint density at radius 2 is 1.72 bits per heavy atom. The molecule has 4 aliphatic rings. The zero-order valence-electron chi connectivity index (χ0n) is 22.1. The van der Waals surface area contributed by atoms with Crippen molar-refractivity contribution in [1.29, 1.82) is 0 Å². The minimum absolute atomic E-state index is 0.135. The number of rotatable bonds is 4. The molecule has 9 atom stereocenters. The van der Waals surface area contributed by atoms with Gasteiger partial charge < -0.3 is 5.11 Å². The van der Waals surface area contributed by atoms with Gasteiger partial charge in [-0.3, -0.25) is 4.79 Å². The van der Waals surface area contributed by atoms with Gasteiger partial charge in [0.2, 0.25) is 0 Å². The molecule has 0 aromatic rings. The molecule has 0 amide bonds. The Hall–Kier alpha value is -0.790. The highest BCUT2D eigenvalue weighted by Crippen LogP contribution is 2.75. The average Bonchev–Trinajstić information content (AvgIpc) is 2.70. The Bertz CT molecular complexity index is 769. The lowest BCUT2D eigenvalue weighted by molar-refractivity contribution is -0.230. The van der Waals surface area contributed by atoms with E-state index in [-0.39, 0.29) is 5.41 Å². The average molecular weight is 443 g/mol. The fraction of sp³-hybridized carbons (Fsp3) is 0.900. The molecule has 4 aliphatic carbocycles. The fourth-order valence-electron chi connectivity index (χ4n) is 10.6. The van der Waals surface area contributed by atoms with Gasteiger partial charge in [0.15, 0.2) is 0 Å². The van der Waals surface area contributed by atoms with Gasteiger partial charge in [0.25, 0.3) is 0 Å². The SMILES string of the molecule is C=C1CC[C@]2(C)CC[C@]3(C)[C@H](CC[C@@H]4[C@@](C)(CCC(=O)O)[C@H](C(C)C)CC[C@]43C)[C@@H]2[C@H]1C. The molecule has 0 bridgehead atoms. The van der Waals surface area contributed by atoms with Crippen molar-refractivity contribution >= 4 is 5.97 Å². The highest BCUT2D eigenvalue weighted by atomic mass is 16.4. The Morgan fingerprint density at radius 3 is 2.34 bits per heavy atom. The number of carbonyl (C=O) groups is 1. The van der Waals surface area contributed by atoms with Gasteiger partial charge in [0.05, 0.1) is 0 Å². The summed E-state index contributed by atoms with van der Waals surface area (Å²) in [7, 11) is 0. The maximum absolute atomic E-state index is 11.6. The van der Waals surface area contributed by atoms with E-state index in [1.807, 2.05) is 0 Å².